The molecule has 0 aliphatic heterocycles. The van der Waals surface area contributed by atoms with Crippen molar-refractivity contribution in [1.29, 1.82) is 0 Å². The van der Waals surface area contributed by atoms with Gasteiger partial charge in [0.05, 0.1) is 12.3 Å². The molecule has 112 valence electrons. The molecule has 1 heterocycles. The predicted octanol–water partition coefficient (Wildman–Crippen LogP) is 3.32. The number of aryl methyl sites for hydroxylation is 2. The molecule has 0 N–H and O–H groups in total. The molecule has 0 saturated carbocycles. The Morgan fingerprint density at radius 1 is 1.24 bits per heavy atom. The summed E-state index contributed by atoms with van der Waals surface area (Å²) in [4.78, 5) is 4.53. The molecule has 0 unspecified atom stereocenters. The molecule has 4 heteroatoms. The summed E-state index contributed by atoms with van der Waals surface area (Å²) in [7, 11) is 1.71. The standard InChI is InChI=1S/C17H21NO3/c1-19-10-9-13-5-4-6-14(11-13)20-12-17-18-15-7-2-3-8-16(15)21-17/h4-6,11H,2-3,7-10,12H2,1H3. The van der Waals surface area contributed by atoms with E-state index < -0.39 is 0 Å². The Balaban J connectivity index is 1.60. The second kappa shape index (κ2) is 6.76. The average molecular weight is 287 g/mol. The third-order valence-corrected chi connectivity index (χ3v) is 3.75. The predicted molar refractivity (Wildman–Crippen MR) is 79.5 cm³/mol. The van der Waals surface area contributed by atoms with Gasteiger partial charge < -0.3 is 13.9 Å². The lowest BCUT2D eigenvalue weighted by Gasteiger charge is -2.06. The van der Waals surface area contributed by atoms with E-state index in [9.17, 15) is 0 Å². The number of nitrogens with zero attached hydrogens (tertiary/aromatic N) is 1. The van der Waals surface area contributed by atoms with Crippen LogP contribution in [0.1, 0.15) is 35.7 Å². The quantitative estimate of drug-likeness (QED) is 0.817. The lowest BCUT2D eigenvalue weighted by Crippen LogP contribution is -2.00. The van der Waals surface area contributed by atoms with E-state index in [1.165, 1.54) is 18.4 Å². The third-order valence-electron chi connectivity index (χ3n) is 3.75. The summed E-state index contributed by atoms with van der Waals surface area (Å²) in [6, 6.07) is 8.08. The Labute approximate surface area is 125 Å². The van der Waals surface area contributed by atoms with Crippen LogP contribution in [0.3, 0.4) is 0 Å². The third kappa shape index (κ3) is 3.64. The Kier molecular flexibility index (Phi) is 4.55. The highest BCUT2D eigenvalue weighted by atomic mass is 16.5. The van der Waals surface area contributed by atoms with Crippen LogP contribution in [0.15, 0.2) is 28.7 Å². The van der Waals surface area contributed by atoms with Crippen molar-refractivity contribution in [1.82, 2.24) is 4.98 Å². The maximum atomic E-state index is 5.79. The number of methoxy groups -OCH3 is 1. The molecule has 1 aromatic heterocycles. The first-order chi connectivity index (χ1) is 10.3. The molecule has 3 rings (SSSR count). The Morgan fingerprint density at radius 2 is 2.14 bits per heavy atom. The summed E-state index contributed by atoms with van der Waals surface area (Å²) in [5, 5.41) is 0. The van der Waals surface area contributed by atoms with Gasteiger partial charge in [0.25, 0.3) is 0 Å². The van der Waals surface area contributed by atoms with Gasteiger partial charge in [0.15, 0.2) is 6.61 Å². The average Bonchev–Trinajstić information content (AvgIpc) is 2.94. The van der Waals surface area contributed by atoms with Crippen LogP contribution < -0.4 is 4.74 Å². The first-order valence-corrected chi connectivity index (χ1v) is 7.53. The van der Waals surface area contributed by atoms with Crippen molar-refractivity contribution in [2.75, 3.05) is 13.7 Å². The first-order valence-electron chi connectivity index (χ1n) is 7.53. The molecule has 0 spiro atoms. The number of rotatable bonds is 6. The van der Waals surface area contributed by atoms with E-state index in [-0.39, 0.29) is 0 Å². The van der Waals surface area contributed by atoms with Crippen LogP contribution in [0, 0.1) is 0 Å². The normalized spacial score (nSPS) is 14.0. The van der Waals surface area contributed by atoms with E-state index in [0.717, 1.165) is 43.1 Å². The van der Waals surface area contributed by atoms with Crippen molar-refractivity contribution in [3.8, 4) is 5.75 Å². The van der Waals surface area contributed by atoms with Crippen LogP contribution in [0.4, 0.5) is 0 Å². The fourth-order valence-electron chi connectivity index (χ4n) is 2.62. The molecule has 0 amide bonds. The lowest BCUT2D eigenvalue weighted by molar-refractivity contribution is 0.202. The lowest BCUT2D eigenvalue weighted by atomic mass is 10.0. The molecule has 21 heavy (non-hydrogen) atoms. The van der Waals surface area contributed by atoms with E-state index in [1.807, 2.05) is 18.2 Å². The maximum Gasteiger partial charge on any atom is 0.232 e. The zero-order valence-corrected chi connectivity index (χ0v) is 12.4. The van der Waals surface area contributed by atoms with Crippen molar-refractivity contribution in [2.45, 2.75) is 38.7 Å². The number of aromatic nitrogens is 1. The number of ether oxygens (including phenoxy) is 2. The van der Waals surface area contributed by atoms with Crippen LogP contribution in [0.5, 0.6) is 5.75 Å². The summed E-state index contributed by atoms with van der Waals surface area (Å²) in [5.41, 5.74) is 2.33. The van der Waals surface area contributed by atoms with Gasteiger partial charge in [0, 0.05) is 13.5 Å². The monoisotopic (exact) mass is 287 g/mol. The van der Waals surface area contributed by atoms with E-state index in [0.29, 0.717) is 12.5 Å². The van der Waals surface area contributed by atoms with Gasteiger partial charge in [-0.3, -0.25) is 0 Å². The highest BCUT2D eigenvalue weighted by molar-refractivity contribution is 5.28. The van der Waals surface area contributed by atoms with Gasteiger partial charge in [0.2, 0.25) is 5.89 Å². The molecule has 2 aromatic rings. The van der Waals surface area contributed by atoms with Crippen LogP contribution >= 0.6 is 0 Å². The summed E-state index contributed by atoms with van der Waals surface area (Å²) in [6.07, 6.45) is 5.34. The molecule has 0 bridgehead atoms. The topological polar surface area (TPSA) is 44.5 Å². The largest absolute Gasteiger partial charge is 0.484 e. The summed E-state index contributed by atoms with van der Waals surface area (Å²) < 4.78 is 16.7. The number of hydrogen-bond acceptors (Lipinski definition) is 4. The molecular weight excluding hydrogens is 266 g/mol. The molecule has 1 aliphatic rings. The van der Waals surface area contributed by atoms with Gasteiger partial charge in [-0.15, -0.1) is 0 Å². The first kappa shape index (κ1) is 14.1. The fourth-order valence-corrected chi connectivity index (χ4v) is 2.62. The van der Waals surface area contributed by atoms with Crippen LogP contribution in [0.2, 0.25) is 0 Å². The summed E-state index contributed by atoms with van der Waals surface area (Å²) >= 11 is 0. The van der Waals surface area contributed by atoms with Crippen LogP contribution in [0.25, 0.3) is 0 Å². The van der Waals surface area contributed by atoms with E-state index in [2.05, 4.69) is 11.1 Å². The number of oxazole rings is 1. The smallest absolute Gasteiger partial charge is 0.232 e. The minimum absolute atomic E-state index is 0.390. The Morgan fingerprint density at radius 3 is 3.00 bits per heavy atom. The second-order valence-corrected chi connectivity index (χ2v) is 5.36. The summed E-state index contributed by atoms with van der Waals surface area (Å²) in [5.74, 6) is 2.58. The zero-order chi connectivity index (χ0) is 14.5. The molecule has 0 radical (unpaired) electrons. The molecule has 1 aromatic carbocycles. The van der Waals surface area contributed by atoms with Crippen molar-refractivity contribution in [3.63, 3.8) is 0 Å². The van der Waals surface area contributed by atoms with Gasteiger partial charge in [-0.1, -0.05) is 12.1 Å². The molecule has 0 saturated heterocycles. The molecule has 4 nitrogen and oxygen atoms in total. The van der Waals surface area contributed by atoms with Crippen molar-refractivity contribution in [3.05, 3.63) is 47.2 Å². The van der Waals surface area contributed by atoms with E-state index >= 15 is 0 Å². The number of hydrogen-bond donors (Lipinski definition) is 0. The van der Waals surface area contributed by atoms with E-state index in [1.54, 1.807) is 7.11 Å². The molecule has 1 aliphatic carbocycles. The number of benzene rings is 1. The van der Waals surface area contributed by atoms with Gasteiger partial charge in [-0.2, -0.15) is 0 Å². The Bertz CT molecular complexity index is 568. The fraction of sp³-hybridized carbons (Fsp3) is 0.471. The van der Waals surface area contributed by atoms with Gasteiger partial charge in [0.1, 0.15) is 11.5 Å². The second-order valence-electron chi connectivity index (χ2n) is 5.36. The molecule has 0 fully saturated rings. The van der Waals surface area contributed by atoms with Gasteiger partial charge in [-0.05, 0) is 43.4 Å². The van der Waals surface area contributed by atoms with Gasteiger partial charge >= 0.3 is 0 Å². The number of fused-ring (bicyclic) bond motifs is 1. The van der Waals surface area contributed by atoms with Crippen LogP contribution in [-0.4, -0.2) is 18.7 Å². The zero-order valence-electron chi connectivity index (χ0n) is 12.4. The van der Waals surface area contributed by atoms with Gasteiger partial charge in [-0.25, -0.2) is 4.98 Å². The molecular formula is C17H21NO3. The minimum atomic E-state index is 0.390. The van der Waals surface area contributed by atoms with Crippen molar-refractivity contribution in [2.24, 2.45) is 0 Å². The summed E-state index contributed by atoms with van der Waals surface area (Å²) in [6.45, 7) is 1.11. The highest BCUT2D eigenvalue weighted by Crippen LogP contribution is 2.22. The molecule has 0 atom stereocenters. The SMILES string of the molecule is COCCc1cccc(OCc2nc3c(o2)CCCC3)c1. The highest BCUT2D eigenvalue weighted by Gasteiger charge is 2.16. The Hall–Kier alpha value is -1.81. The van der Waals surface area contributed by atoms with Crippen molar-refractivity contribution >= 4 is 0 Å². The van der Waals surface area contributed by atoms with Crippen LogP contribution in [-0.2, 0) is 30.6 Å². The maximum absolute atomic E-state index is 5.79. The van der Waals surface area contributed by atoms with Crippen molar-refractivity contribution < 1.29 is 13.9 Å². The minimum Gasteiger partial charge on any atom is -0.484 e. The van der Waals surface area contributed by atoms with E-state index in [4.69, 9.17) is 13.9 Å².